The third kappa shape index (κ3) is 2.58. The molecule has 4 rings (SSSR count). The van der Waals surface area contributed by atoms with Crippen molar-refractivity contribution in [3.8, 4) is 0 Å². The molecular weight excluding hydrogens is 316 g/mol. The van der Waals surface area contributed by atoms with Gasteiger partial charge in [0.05, 0.1) is 23.6 Å². The molecule has 1 saturated carbocycles. The van der Waals surface area contributed by atoms with Crippen molar-refractivity contribution in [3.05, 3.63) is 18.5 Å². The van der Waals surface area contributed by atoms with Gasteiger partial charge in [-0.15, -0.1) is 0 Å². The van der Waals surface area contributed by atoms with Crippen LogP contribution in [0.1, 0.15) is 19.3 Å². The van der Waals surface area contributed by atoms with Crippen molar-refractivity contribution in [1.29, 1.82) is 0 Å². The van der Waals surface area contributed by atoms with Crippen LogP contribution in [0.5, 0.6) is 0 Å². The Balaban J connectivity index is 1.63. The molecule has 23 heavy (non-hydrogen) atoms. The summed E-state index contributed by atoms with van der Waals surface area (Å²) in [5, 5.41) is 0. The fraction of sp³-hybridized carbons (Fsp3) is 0.667. The lowest BCUT2D eigenvalue weighted by molar-refractivity contribution is -0.141. The number of carbonyl (C=O) groups is 1. The predicted octanol–water partition coefficient (Wildman–Crippen LogP) is 0.0909. The third-order valence-corrected chi connectivity index (χ3v) is 6.92. The van der Waals surface area contributed by atoms with Gasteiger partial charge in [-0.3, -0.25) is 4.79 Å². The molecule has 2 aliphatic heterocycles. The Morgan fingerprint density at radius 2 is 1.78 bits per heavy atom. The van der Waals surface area contributed by atoms with Crippen molar-refractivity contribution in [3.63, 3.8) is 0 Å². The van der Waals surface area contributed by atoms with E-state index in [4.69, 9.17) is 0 Å². The minimum Gasteiger partial charge on any atom is -0.335 e. The summed E-state index contributed by atoms with van der Waals surface area (Å²) >= 11 is 0. The standard InChI is InChI=1S/C15H20N4O3S/c20-14(11-3-1-4-11)18-7-8-19(15-16-5-2-6-17-15)13-10-23(21,22)9-12(13)18/h2,5-6,11-13H,1,3-4,7-10H2/t12-,13+/m0/s1. The van der Waals surface area contributed by atoms with Crippen LogP contribution in [-0.2, 0) is 14.6 Å². The molecule has 1 aromatic heterocycles. The van der Waals surface area contributed by atoms with Crippen LogP contribution in [0.4, 0.5) is 5.95 Å². The summed E-state index contributed by atoms with van der Waals surface area (Å²) in [6.07, 6.45) is 6.29. The zero-order valence-electron chi connectivity index (χ0n) is 12.8. The van der Waals surface area contributed by atoms with Crippen molar-refractivity contribution in [2.24, 2.45) is 5.92 Å². The van der Waals surface area contributed by atoms with Crippen molar-refractivity contribution >= 4 is 21.7 Å². The number of carbonyl (C=O) groups excluding carboxylic acids is 1. The van der Waals surface area contributed by atoms with Gasteiger partial charge < -0.3 is 9.80 Å². The maximum atomic E-state index is 12.7. The molecule has 0 radical (unpaired) electrons. The third-order valence-electron chi connectivity index (χ3n) is 5.22. The average molecular weight is 336 g/mol. The lowest BCUT2D eigenvalue weighted by Gasteiger charge is -2.45. The number of nitrogens with zero attached hydrogens (tertiary/aromatic N) is 4. The number of hydrogen-bond acceptors (Lipinski definition) is 6. The van der Waals surface area contributed by atoms with E-state index < -0.39 is 9.84 Å². The Morgan fingerprint density at radius 1 is 1.09 bits per heavy atom. The highest BCUT2D eigenvalue weighted by atomic mass is 32.2. The van der Waals surface area contributed by atoms with Gasteiger partial charge in [0.25, 0.3) is 0 Å². The molecule has 0 bridgehead atoms. The lowest BCUT2D eigenvalue weighted by atomic mass is 9.83. The van der Waals surface area contributed by atoms with E-state index in [1.54, 1.807) is 18.5 Å². The average Bonchev–Trinajstić information content (AvgIpc) is 2.80. The van der Waals surface area contributed by atoms with Crippen LogP contribution in [0.3, 0.4) is 0 Å². The fourth-order valence-corrected chi connectivity index (χ4v) is 5.79. The molecule has 0 spiro atoms. The molecule has 1 amide bonds. The van der Waals surface area contributed by atoms with Crippen LogP contribution < -0.4 is 4.90 Å². The smallest absolute Gasteiger partial charge is 0.226 e. The van der Waals surface area contributed by atoms with Crippen LogP contribution in [0, 0.1) is 5.92 Å². The van der Waals surface area contributed by atoms with E-state index in [1.807, 2.05) is 9.80 Å². The van der Waals surface area contributed by atoms with E-state index in [-0.39, 0.29) is 35.4 Å². The molecule has 7 nitrogen and oxygen atoms in total. The Kier molecular flexibility index (Phi) is 3.51. The summed E-state index contributed by atoms with van der Waals surface area (Å²) in [4.78, 5) is 25.0. The second kappa shape index (κ2) is 5.43. The summed E-state index contributed by atoms with van der Waals surface area (Å²) in [7, 11) is -3.14. The van der Waals surface area contributed by atoms with Crippen molar-refractivity contribution in [2.45, 2.75) is 31.3 Å². The Hall–Kier alpha value is -1.70. The number of rotatable bonds is 2. The molecule has 0 N–H and O–H groups in total. The van der Waals surface area contributed by atoms with Gasteiger partial charge in [-0.25, -0.2) is 18.4 Å². The first-order valence-corrected chi connectivity index (χ1v) is 9.92. The molecule has 2 atom stereocenters. The normalized spacial score (nSPS) is 29.9. The van der Waals surface area contributed by atoms with Crippen LogP contribution in [0.25, 0.3) is 0 Å². The Labute approximate surface area is 135 Å². The number of aromatic nitrogens is 2. The maximum Gasteiger partial charge on any atom is 0.226 e. The molecule has 3 fully saturated rings. The van der Waals surface area contributed by atoms with Crippen molar-refractivity contribution in [2.75, 3.05) is 29.5 Å². The lowest BCUT2D eigenvalue weighted by Crippen LogP contribution is -2.62. The van der Waals surface area contributed by atoms with Gasteiger partial charge in [0.15, 0.2) is 9.84 Å². The van der Waals surface area contributed by atoms with Crippen molar-refractivity contribution in [1.82, 2.24) is 14.9 Å². The molecule has 1 aliphatic carbocycles. The van der Waals surface area contributed by atoms with E-state index in [9.17, 15) is 13.2 Å². The summed E-state index contributed by atoms with van der Waals surface area (Å²) in [5.74, 6) is 0.912. The van der Waals surface area contributed by atoms with E-state index >= 15 is 0 Å². The number of sulfone groups is 1. The van der Waals surface area contributed by atoms with Crippen LogP contribution in [-0.4, -0.2) is 65.9 Å². The monoisotopic (exact) mass is 336 g/mol. The number of hydrogen-bond donors (Lipinski definition) is 0. The quantitative estimate of drug-likeness (QED) is 0.761. The summed E-state index contributed by atoms with van der Waals surface area (Å²) in [6.45, 7) is 1.13. The minimum absolute atomic E-state index is 0.0550. The largest absolute Gasteiger partial charge is 0.335 e. The molecule has 8 heteroatoms. The van der Waals surface area contributed by atoms with Crippen LogP contribution in [0.15, 0.2) is 18.5 Å². The topological polar surface area (TPSA) is 83.5 Å². The number of piperazine rings is 1. The van der Waals surface area contributed by atoms with Gasteiger partial charge in [0.2, 0.25) is 11.9 Å². The summed E-state index contributed by atoms with van der Waals surface area (Å²) in [5.41, 5.74) is 0. The van der Waals surface area contributed by atoms with Gasteiger partial charge in [-0.2, -0.15) is 0 Å². The molecule has 3 aliphatic rings. The number of amides is 1. The highest BCUT2D eigenvalue weighted by Crippen LogP contribution is 2.34. The van der Waals surface area contributed by atoms with Gasteiger partial charge >= 0.3 is 0 Å². The van der Waals surface area contributed by atoms with Crippen LogP contribution >= 0.6 is 0 Å². The van der Waals surface area contributed by atoms with Gasteiger partial charge in [-0.1, -0.05) is 6.42 Å². The molecule has 0 aromatic carbocycles. The molecule has 1 aromatic rings. The Bertz CT molecular complexity index is 705. The SMILES string of the molecule is O=C(C1CCC1)N1CCN(c2ncccn2)[C@@H]2CS(=O)(=O)C[C@@H]21. The highest BCUT2D eigenvalue weighted by molar-refractivity contribution is 7.91. The molecule has 0 unspecified atom stereocenters. The summed E-state index contributed by atoms with van der Waals surface area (Å²) in [6, 6.07) is 1.23. The number of fused-ring (bicyclic) bond motifs is 1. The zero-order valence-corrected chi connectivity index (χ0v) is 13.7. The van der Waals surface area contributed by atoms with E-state index in [0.29, 0.717) is 19.0 Å². The van der Waals surface area contributed by atoms with Gasteiger partial charge in [0, 0.05) is 31.4 Å². The first-order valence-electron chi connectivity index (χ1n) is 8.10. The molecular formula is C15H20N4O3S. The second-order valence-corrected chi connectivity index (χ2v) is 8.77. The second-order valence-electron chi connectivity index (χ2n) is 6.61. The Morgan fingerprint density at radius 3 is 2.43 bits per heavy atom. The van der Waals surface area contributed by atoms with Crippen LogP contribution in [0.2, 0.25) is 0 Å². The van der Waals surface area contributed by atoms with E-state index in [0.717, 1.165) is 19.3 Å². The minimum atomic E-state index is -3.14. The summed E-state index contributed by atoms with van der Waals surface area (Å²) < 4.78 is 24.4. The first kappa shape index (κ1) is 14.9. The number of anilines is 1. The highest BCUT2D eigenvalue weighted by Gasteiger charge is 2.49. The molecule has 2 saturated heterocycles. The zero-order chi connectivity index (χ0) is 16.0. The molecule has 124 valence electrons. The molecule has 3 heterocycles. The van der Waals surface area contributed by atoms with Gasteiger partial charge in [-0.05, 0) is 18.9 Å². The van der Waals surface area contributed by atoms with Gasteiger partial charge in [0.1, 0.15) is 0 Å². The van der Waals surface area contributed by atoms with E-state index in [2.05, 4.69) is 9.97 Å². The maximum absolute atomic E-state index is 12.7. The van der Waals surface area contributed by atoms with Crippen molar-refractivity contribution < 1.29 is 13.2 Å². The van der Waals surface area contributed by atoms with E-state index in [1.165, 1.54) is 0 Å². The fourth-order valence-electron chi connectivity index (χ4n) is 3.80. The predicted molar refractivity (Wildman–Crippen MR) is 84.7 cm³/mol. The first-order chi connectivity index (χ1) is 11.1.